The van der Waals surface area contributed by atoms with Crippen LogP contribution in [0.1, 0.15) is 24.0 Å². The third-order valence-corrected chi connectivity index (χ3v) is 6.78. The van der Waals surface area contributed by atoms with Gasteiger partial charge in [-0.2, -0.15) is 0 Å². The molecule has 35 heavy (non-hydrogen) atoms. The van der Waals surface area contributed by atoms with Crippen LogP contribution < -0.4 is 10.2 Å². The van der Waals surface area contributed by atoms with Gasteiger partial charge in [0.2, 0.25) is 6.41 Å². The van der Waals surface area contributed by atoms with Crippen LogP contribution in [-0.4, -0.2) is 50.6 Å². The van der Waals surface area contributed by atoms with Gasteiger partial charge in [0.1, 0.15) is 5.82 Å². The number of carbonyl (C=O) groups excluding carboxylic acids is 1. The predicted molar refractivity (Wildman–Crippen MR) is 147 cm³/mol. The average molecular weight is 519 g/mol. The summed E-state index contributed by atoms with van der Waals surface area (Å²) in [6.45, 7) is 5.46. The van der Waals surface area contributed by atoms with Gasteiger partial charge in [-0.25, -0.2) is 4.39 Å². The topological polar surface area (TPSA) is 35.6 Å². The fourth-order valence-corrected chi connectivity index (χ4v) is 4.96. The molecular formula is C28H34Cl2FN3O. The van der Waals surface area contributed by atoms with E-state index in [0.717, 1.165) is 57.7 Å². The maximum Gasteiger partial charge on any atom is 0.207 e. The summed E-state index contributed by atoms with van der Waals surface area (Å²) in [5, 5.41) is 2.97. The van der Waals surface area contributed by atoms with Crippen LogP contribution in [0.5, 0.6) is 0 Å². The molecule has 0 aromatic heterocycles. The molecule has 3 aromatic rings. The van der Waals surface area contributed by atoms with Crippen LogP contribution in [0.3, 0.4) is 0 Å². The Morgan fingerprint density at radius 3 is 1.86 bits per heavy atom. The summed E-state index contributed by atoms with van der Waals surface area (Å²) in [6, 6.07) is 27.8. The fourth-order valence-electron chi connectivity index (χ4n) is 4.96. The van der Waals surface area contributed by atoms with Crippen LogP contribution in [0.25, 0.3) is 0 Å². The first-order valence-electron chi connectivity index (χ1n) is 11.7. The molecule has 7 heteroatoms. The van der Waals surface area contributed by atoms with Gasteiger partial charge in [-0.15, -0.1) is 24.8 Å². The smallest absolute Gasteiger partial charge is 0.207 e. The first-order valence-corrected chi connectivity index (χ1v) is 11.7. The Hall–Kier alpha value is -2.60. The highest BCUT2D eigenvalue weighted by Gasteiger charge is 2.34. The first kappa shape index (κ1) is 28.6. The van der Waals surface area contributed by atoms with Crippen molar-refractivity contribution < 1.29 is 9.18 Å². The summed E-state index contributed by atoms with van der Waals surface area (Å²) in [7, 11) is 0. The lowest BCUT2D eigenvalue weighted by molar-refractivity contribution is -0.109. The van der Waals surface area contributed by atoms with E-state index >= 15 is 0 Å². The summed E-state index contributed by atoms with van der Waals surface area (Å²) in [4.78, 5) is 16.1. The molecule has 4 nitrogen and oxygen atoms in total. The molecule has 0 unspecified atom stereocenters. The van der Waals surface area contributed by atoms with Crippen molar-refractivity contribution in [3.8, 4) is 0 Å². The summed E-state index contributed by atoms with van der Waals surface area (Å²) in [5.74, 6) is -0.193. The molecule has 1 heterocycles. The van der Waals surface area contributed by atoms with Crippen molar-refractivity contribution in [1.82, 2.24) is 10.2 Å². The van der Waals surface area contributed by atoms with E-state index in [4.69, 9.17) is 0 Å². The quantitative estimate of drug-likeness (QED) is 0.370. The third-order valence-electron chi connectivity index (χ3n) is 6.78. The predicted octanol–water partition coefficient (Wildman–Crippen LogP) is 5.30. The highest BCUT2D eigenvalue weighted by molar-refractivity contribution is 5.85. The first-order chi connectivity index (χ1) is 16.2. The summed E-state index contributed by atoms with van der Waals surface area (Å²) in [5.41, 5.74) is 3.28. The van der Waals surface area contributed by atoms with Crippen molar-refractivity contribution in [3.05, 3.63) is 102 Å². The maximum absolute atomic E-state index is 13.2. The highest BCUT2D eigenvalue weighted by atomic mass is 35.5. The van der Waals surface area contributed by atoms with Gasteiger partial charge in [-0.05, 0) is 54.8 Å². The van der Waals surface area contributed by atoms with Crippen LogP contribution in [0, 0.1) is 5.82 Å². The largest absolute Gasteiger partial charge is 0.369 e. The Bertz CT molecular complexity index is 958. The van der Waals surface area contributed by atoms with Crippen molar-refractivity contribution in [2.75, 3.05) is 44.2 Å². The molecule has 0 atom stereocenters. The summed E-state index contributed by atoms with van der Waals surface area (Å²) in [6.07, 6.45) is 2.77. The number of anilines is 1. The lowest BCUT2D eigenvalue weighted by Crippen LogP contribution is -2.47. The Morgan fingerprint density at radius 1 is 0.800 bits per heavy atom. The molecule has 1 aliphatic heterocycles. The molecule has 0 radical (unpaired) electrons. The number of rotatable bonds is 10. The van der Waals surface area contributed by atoms with Gasteiger partial charge in [-0.1, -0.05) is 60.7 Å². The van der Waals surface area contributed by atoms with Crippen LogP contribution in [-0.2, 0) is 10.2 Å². The van der Waals surface area contributed by atoms with E-state index in [1.54, 1.807) is 0 Å². The van der Waals surface area contributed by atoms with Crippen LogP contribution in [0.4, 0.5) is 10.1 Å². The average Bonchev–Trinajstić information content (AvgIpc) is 2.88. The number of carbonyl (C=O) groups is 1. The van der Waals surface area contributed by atoms with E-state index in [9.17, 15) is 9.18 Å². The summed E-state index contributed by atoms with van der Waals surface area (Å²) < 4.78 is 13.2. The molecule has 1 saturated heterocycles. The molecule has 1 fully saturated rings. The van der Waals surface area contributed by atoms with Crippen molar-refractivity contribution in [2.24, 2.45) is 0 Å². The molecular weight excluding hydrogens is 484 g/mol. The Morgan fingerprint density at radius 2 is 1.34 bits per heavy atom. The number of nitrogens with one attached hydrogen (secondary N) is 1. The molecule has 0 saturated carbocycles. The number of nitrogens with zero attached hydrogens (tertiary/aromatic N) is 2. The van der Waals surface area contributed by atoms with E-state index in [1.165, 1.54) is 23.3 Å². The third kappa shape index (κ3) is 7.20. The number of hydrogen-bond donors (Lipinski definition) is 1. The standard InChI is InChI=1S/C28H32FN3O.2ClH/c29-26-12-14-27(15-13-26)32-20-18-31(19-21-32)17-7-16-28(22-30-23-33,24-8-3-1-4-9-24)25-10-5-2-6-11-25;;/h1-6,8-15,23H,7,16-22H2,(H,30,33);2*1H. The number of halogens is 3. The fraction of sp³-hybridized carbons (Fsp3) is 0.321. The number of benzene rings is 3. The number of piperazine rings is 1. The zero-order valence-corrected chi connectivity index (χ0v) is 21.4. The van der Waals surface area contributed by atoms with Crippen LogP contribution in [0.2, 0.25) is 0 Å². The minimum Gasteiger partial charge on any atom is -0.369 e. The zero-order valence-electron chi connectivity index (χ0n) is 19.8. The van der Waals surface area contributed by atoms with E-state index in [0.29, 0.717) is 6.54 Å². The lowest BCUT2D eigenvalue weighted by atomic mass is 9.71. The van der Waals surface area contributed by atoms with E-state index in [1.807, 2.05) is 24.3 Å². The highest BCUT2D eigenvalue weighted by Crippen LogP contribution is 2.36. The Balaban J connectivity index is 0.00000216. The normalized spacial score (nSPS) is 13.9. The van der Waals surface area contributed by atoms with Gasteiger partial charge < -0.3 is 10.2 Å². The van der Waals surface area contributed by atoms with Crippen molar-refractivity contribution in [3.63, 3.8) is 0 Å². The second kappa shape index (κ2) is 14.1. The molecule has 1 amide bonds. The van der Waals surface area contributed by atoms with E-state index < -0.39 is 0 Å². The minimum absolute atomic E-state index is 0. The molecule has 0 spiro atoms. The lowest BCUT2D eigenvalue weighted by Gasteiger charge is -2.38. The van der Waals surface area contributed by atoms with E-state index in [-0.39, 0.29) is 36.0 Å². The van der Waals surface area contributed by atoms with Crippen molar-refractivity contribution in [1.29, 1.82) is 0 Å². The van der Waals surface area contributed by atoms with Gasteiger partial charge in [0.25, 0.3) is 0 Å². The van der Waals surface area contributed by atoms with Crippen molar-refractivity contribution >= 4 is 36.9 Å². The van der Waals surface area contributed by atoms with Crippen molar-refractivity contribution in [2.45, 2.75) is 18.3 Å². The molecule has 0 bridgehead atoms. The SMILES string of the molecule is Cl.Cl.O=CNCC(CCCN1CCN(c2ccc(F)cc2)CC1)(c1ccccc1)c1ccccc1. The van der Waals surface area contributed by atoms with Gasteiger partial charge in [-0.3, -0.25) is 9.69 Å². The maximum atomic E-state index is 13.2. The zero-order chi connectivity index (χ0) is 22.9. The van der Waals surface area contributed by atoms with E-state index in [2.05, 4.69) is 63.6 Å². The number of amides is 1. The second-order valence-electron chi connectivity index (χ2n) is 8.72. The molecule has 188 valence electrons. The molecule has 3 aromatic carbocycles. The monoisotopic (exact) mass is 517 g/mol. The molecule has 4 rings (SSSR count). The molecule has 0 aliphatic carbocycles. The Kier molecular flexibility index (Phi) is 11.5. The molecule has 1 N–H and O–H groups in total. The minimum atomic E-state index is -0.265. The van der Waals surface area contributed by atoms with Gasteiger partial charge >= 0.3 is 0 Å². The number of hydrogen-bond acceptors (Lipinski definition) is 3. The van der Waals surface area contributed by atoms with Gasteiger partial charge in [0.05, 0.1) is 0 Å². The molecule has 1 aliphatic rings. The summed E-state index contributed by atoms with van der Waals surface area (Å²) >= 11 is 0. The Labute approximate surface area is 220 Å². The van der Waals surface area contributed by atoms with Crippen LogP contribution >= 0.6 is 24.8 Å². The van der Waals surface area contributed by atoms with Crippen LogP contribution in [0.15, 0.2) is 84.9 Å². The second-order valence-corrected chi connectivity index (χ2v) is 8.72. The van der Waals surface area contributed by atoms with Gasteiger partial charge in [0, 0.05) is 43.8 Å². The van der Waals surface area contributed by atoms with Gasteiger partial charge in [0.15, 0.2) is 0 Å².